The minimum Gasteiger partial charge on any atom is -0.463 e. The summed E-state index contributed by atoms with van der Waals surface area (Å²) in [5.41, 5.74) is 0. The van der Waals surface area contributed by atoms with Gasteiger partial charge in [0.2, 0.25) is 0 Å². The number of unbranched alkanes of at least 4 members (excludes halogenated alkanes) is 33. The molecule has 1 aliphatic rings. The van der Waals surface area contributed by atoms with Gasteiger partial charge in [-0.05, 0) is 12.8 Å². The van der Waals surface area contributed by atoms with Crippen LogP contribution in [0.3, 0.4) is 0 Å². The van der Waals surface area contributed by atoms with Gasteiger partial charge in [0.05, 0.1) is 12.7 Å². The standard InChI is InChI=1S/C50H98O10/c1-3-5-7-9-11-13-15-17-18-19-20-21-22-23-24-25-26-27-29-31-33-35-37-39-45(53)58-41-44(60-50-49(57)48(56)47(55)43(40-51)59-50)46(54)42(52)38-36-34-32-30-28-16-14-12-10-8-6-4-2/h42-44,46-52,54-57H,3-41H2,1-2H3/t42-,43-,44-,46-,47+,48+,49-,50-/m1/s1. The van der Waals surface area contributed by atoms with Crippen molar-refractivity contribution < 1.29 is 49.6 Å². The second kappa shape index (κ2) is 40.9. The van der Waals surface area contributed by atoms with Gasteiger partial charge >= 0.3 is 5.97 Å². The molecule has 60 heavy (non-hydrogen) atoms. The first kappa shape index (κ1) is 57.2. The number of aliphatic hydroxyl groups excluding tert-OH is 6. The highest BCUT2D eigenvalue weighted by molar-refractivity contribution is 5.69. The molecular weight excluding hydrogens is 761 g/mol. The average molecular weight is 859 g/mol. The molecule has 1 heterocycles. The summed E-state index contributed by atoms with van der Waals surface area (Å²) in [6.07, 6.45) is 33.2. The van der Waals surface area contributed by atoms with E-state index in [0.29, 0.717) is 19.3 Å². The van der Waals surface area contributed by atoms with Crippen molar-refractivity contribution in [2.24, 2.45) is 0 Å². The smallest absolute Gasteiger partial charge is 0.305 e. The summed E-state index contributed by atoms with van der Waals surface area (Å²) in [6, 6.07) is 0. The Hall–Kier alpha value is -0.850. The fraction of sp³-hybridized carbons (Fsp3) is 0.980. The van der Waals surface area contributed by atoms with Crippen molar-refractivity contribution in [3.63, 3.8) is 0 Å². The van der Waals surface area contributed by atoms with E-state index in [-0.39, 0.29) is 13.0 Å². The van der Waals surface area contributed by atoms with Crippen LogP contribution in [0, 0.1) is 0 Å². The minimum atomic E-state index is -1.68. The van der Waals surface area contributed by atoms with Gasteiger partial charge in [-0.25, -0.2) is 0 Å². The Labute approximate surface area is 368 Å². The monoisotopic (exact) mass is 859 g/mol. The molecule has 0 bridgehead atoms. The fourth-order valence-corrected chi connectivity index (χ4v) is 8.49. The van der Waals surface area contributed by atoms with E-state index in [1.165, 1.54) is 173 Å². The quantitative estimate of drug-likeness (QED) is 0.0256. The molecule has 1 fully saturated rings. The van der Waals surface area contributed by atoms with Gasteiger partial charge < -0.3 is 44.8 Å². The van der Waals surface area contributed by atoms with Gasteiger partial charge in [0, 0.05) is 6.42 Å². The summed E-state index contributed by atoms with van der Waals surface area (Å²) in [5.74, 6) is -0.441. The van der Waals surface area contributed by atoms with Gasteiger partial charge in [0.25, 0.3) is 0 Å². The van der Waals surface area contributed by atoms with Gasteiger partial charge in [0.1, 0.15) is 43.2 Å². The van der Waals surface area contributed by atoms with Crippen LogP contribution in [0.25, 0.3) is 0 Å². The molecule has 358 valence electrons. The van der Waals surface area contributed by atoms with Crippen molar-refractivity contribution >= 4 is 5.97 Å². The Bertz CT molecular complexity index is 921. The molecular formula is C50H98O10. The molecule has 1 aliphatic heterocycles. The van der Waals surface area contributed by atoms with Crippen LogP contribution in [0.1, 0.15) is 251 Å². The molecule has 8 atom stereocenters. The van der Waals surface area contributed by atoms with Crippen LogP contribution in [-0.2, 0) is 19.0 Å². The van der Waals surface area contributed by atoms with Gasteiger partial charge in [-0.15, -0.1) is 0 Å². The SMILES string of the molecule is CCCCCCCCCCCCCCCCCCCCCCCCCC(=O)OC[C@@H](O[C@H]1O[C@H](CO)[C@H](O)[C@H](O)[C@H]1O)[C@H](O)[C@H](O)CCCCCCCCCCCCCC. The van der Waals surface area contributed by atoms with Gasteiger partial charge in [-0.2, -0.15) is 0 Å². The van der Waals surface area contributed by atoms with Crippen LogP contribution in [0.15, 0.2) is 0 Å². The highest BCUT2D eigenvalue weighted by Crippen LogP contribution is 2.25. The predicted octanol–water partition coefficient (Wildman–Crippen LogP) is 10.9. The topological polar surface area (TPSA) is 166 Å². The zero-order chi connectivity index (χ0) is 43.9. The fourth-order valence-electron chi connectivity index (χ4n) is 8.49. The lowest BCUT2D eigenvalue weighted by Crippen LogP contribution is -2.60. The molecule has 0 aromatic carbocycles. The number of hydrogen-bond donors (Lipinski definition) is 6. The van der Waals surface area contributed by atoms with Crippen molar-refractivity contribution in [3.05, 3.63) is 0 Å². The molecule has 0 aliphatic carbocycles. The molecule has 0 saturated carbocycles. The molecule has 10 nitrogen and oxygen atoms in total. The van der Waals surface area contributed by atoms with Crippen LogP contribution in [0.4, 0.5) is 0 Å². The van der Waals surface area contributed by atoms with Crippen LogP contribution in [0.5, 0.6) is 0 Å². The van der Waals surface area contributed by atoms with Crippen molar-refractivity contribution in [2.45, 2.75) is 300 Å². The first-order valence-corrected chi connectivity index (χ1v) is 25.7. The molecule has 0 aromatic heterocycles. The lowest BCUT2D eigenvalue weighted by Gasteiger charge is -2.41. The number of carbonyl (C=O) groups is 1. The lowest BCUT2D eigenvalue weighted by molar-refractivity contribution is -0.321. The van der Waals surface area contributed by atoms with Crippen LogP contribution >= 0.6 is 0 Å². The molecule has 1 rings (SSSR count). The Balaban J connectivity index is 2.24. The number of aliphatic hydroxyl groups is 6. The first-order valence-electron chi connectivity index (χ1n) is 25.7. The molecule has 0 aromatic rings. The predicted molar refractivity (Wildman–Crippen MR) is 244 cm³/mol. The molecule has 10 heteroatoms. The summed E-state index contributed by atoms with van der Waals surface area (Å²) < 4.78 is 16.8. The Morgan fingerprint density at radius 2 is 0.850 bits per heavy atom. The third-order valence-electron chi connectivity index (χ3n) is 12.7. The number of ether oxygens (including phenoxy) is 3. The Kier molecular flexibility index (Phi) is 39.0. The lowest BCUT2D eigenvalue weighted by atomic mass is 9.98. The van der Waals surface area contributed by atoms with Crippen molar-refractivity contribution in [1.29, 1.82) is 0 Å². The molecule has 6 N–H and O–H groups in total. The maximum absolute atomic E-state index is 12.7. The summed E-state index contributed by atoms with van der Waals surface area (Å²) in [6.45, 7) is 3.50. The van der Waals surface area contributed by atoms with Crippen molar-refractivity contribution in [3.8, 4) is 0 Å². The van der Waals surface area contributed by atoms with Crippen molar-refractivity contribution in [1.82, 2.24) is 0 Å². The van der Waals surface area contributed by atoms with E-state index in [2.05, 4.69) is 13.8 Å². The van der Waals surface area contributed by atoms with Gasteiger partial charge in [-0.3, -0.25) is 4.79 Å². The summed E-state index contributed by atoms with van der Waals surface area (Å²) >= 11 is 0. The molecule has 0 unspecified atom stereocenters. The normalized spacial score (nSPS) is 21.0. The van der Waals surface area contributed by atoms with E-state index in [4.69, 9.17) is 14.2 Å². The largest absolute Gasteiger partial charge is 0.463 e. The summed E-state index contributed by atoms with van der Waals surface area (Å²) in [5, 5.41) is 62.6. The number of esters is 1. The average Bonchev–Trinajstić information content (AvgIpc) is 3.25. The second-order valence-electron chi connectivity index (χ2n) is 18.3. The summed E-state index contributed by atoms with van der Waals surface area (Å²) in [4.78, 5) is 12.7. The minimum absolute atomic E-state index is 0.226. The van der Waals surface area contributed by atoms with Crippen molar-refractivity contribution in [2.75, 3.05) is 13.2 Å². The van der Waals surface area contributed by atoms with Crippen LogP contribution in [0.2, 0.25) is 0 Å². The van der Waals surface area contributed by atoms with E-state index in [0.717, 1.165) is 38.5 Å². The first-order chi connectivity index (χ1) is 29.3. The zero-order valence-corrected chi connectivity index (χ0v) is 39.0. The Morgan fingerprint density at radius 1 is 0.500 bits per heavy atom. The van der Waals surface area contributed by atoms with Gasteiger partial charge in [0.15, 0.2) is 6.29 Å². The molecule has 0 spiro atoms. The van der Waals surface area contributed by atoms with E-state index in [1.54, 1.807) is 0 Å². The second-order valence-corrected chi connectivity index (χ2v) is 18.3. The Morgan fingerprint density at radius 3 is 1.22 bits per heavy atom. The van der Waals surface area contributed by atoms with E-state index >= 15 is 0 Å². The number of hydrogen-bond acceptors (Lipinski definition) is 10. The van der Waals surface area contributed by atoms with Crippen LogP contribution in [-0.4, -0.2) is 98.8 Å². The maximum atomic E-state index is 12.7. The zero-order valence-electron chi connectivity index (χ0n) is 39.0. The number of carbonyl (C=O) groups excluding carboxylic acids is 1. The molecule has 0 amide bonds. The van der Waals surface area contributed by atoms with Gasteiger partial charge in [-0.1, -0.05) is 232 Å². The molecule has 1 saturated heterocycles. The maximum Gasteiger partial charge on any atom is 0.305 e. The van der Waals surface area contributed by atoms with E-state index in [9.17, 15) is 35.4 Å². The molecule has 0 radical (unpaired) electrons. The highest BCUT2D eigenvalue weighted by Gasteiger charge is 2.46. The summed E-state index contributed by atoms with van der Waals surface area (Å²) in [7, 11) is 0. The van der Waals surface area contributed by atoms with E-state index in [1.807, 2.05) is 0 Å². The highest BCUT2D eigenvalue weighted by atomic mass is 16.7. The third kappa shape index (κ3) is 30.3. The third-order valence-corrected chi connectivity index (χ3v) is 12.7. The van der Waals surface area contributed by atoms with Crippen LogP contribution < -0.4 is 0 Å². The number of rotatable bonds is 44. The van der Waals surface area contributed by atoms with E-state index < -0.39 is 61.6 Å².